The van der Waals surface area contributed by atoms with Crippen molar-refractivity contribution < 1.29 is 33.3 Å². The highest BCUT2D eigenvalue weighted by Gasteiger charge is 2.51. The largest absolute Gasteiger partial charge is 0.459 e. The van der Waals surface area contributed by atoms with Crippen molar-refractivity contribution in [2.75, 3.05) is 6.61 Å². The van der Waals surface area contributed by atoms with Gasteiger partial charge in [0.05, 0.1) is 11.1 Å². The minimum Gasteiger partial charge on any atom is -0.459 e. The average Bonchev–Trinajstić information content (AvgIpc) is 3.19. The molecule has 0 spiro atoms. The fourth-order valence-corrected chi connectivity index (χ4v) is 4.23. The minimum absolute atomic E-state index is 0.000522. The molecule has 1 saturated heterocycles. The van der Waals surface area contributed by atoms with Gasteiger partial charge in [0.15, 0.2) is 23.2 Å². The topological polar surface area (TPSA) is 126 Å². The van der Waals surface area contributed by atoms with E-state index in [0.717, 1.165) is 11.1 Å². The third-order valence-electron chi connectivity index (χ3n) is 5.91. The highest BCUT2D eigenvalue weighted by molar-refractivity contribution is 7.71. The normalized spacial score (nSPS) is 20.5. The van der Waals surface area contributed by atoms with Crippen molar-refractivity contribution in [3.63, 3.8) is 0 Å². The molecule has 38 heavy (non-hydrogen) atoms. The van der Waals surface area contributed by atoms with Gasteiger partial charge in [0.25, 0.3) is 5.56 Å². The van der Waals surface area contributed by atoms with Gasteiger partial charge in [-0.15, -0.1) is 0 Å². The number of benzene rings is 2. The number of hydrogen-bond donors (Lipinski definition) is 1. The summed E-state index contributed by atoms with van der Waals surface area (Å²) in [4.78, 5) is 51.9. The molecule has 10 nitrogen and oxygen atoms in total. The lowest BCUT2D eigenvalue weighted by molar-refractivity contribution is -0.156. The maximum absolute atomic E-state index is 13.0. The van der Waals surface area contributed by atoms with Gasteiger partial charge in [-0.25, -0.2) is 9.59 Å². The lowest BCUT2D eigenvalue weighted by Gasteiger charge is -2.24. The molecule has 1 aromatic heterocycles. The van der Waals surface area contributed by atoms with Gasteiger partial charge in [-0.3, -0.25) is 19.1 Å². The van der Waals surface area contributed by atoms with Crippen LogP contribution in [0.15, 0.2) is 65.6 Å². The summed E-state index contributed by atoms with van der Waals surface area (Å²) in [7, 11) is 0. The first-order valence-electron chi connectivity index (χ1n) is 11.8. The van der Waals surface area contributed by atoms with Gasteiger partial charge in [-0.05, 0) is 50.3 Å². The molecule has 0 amide bonds. The summed E-state index contributed by atoms with van der Waals surface area (Å²) in [6.45, 7) is 4.66. The van der Waals surface area contributed by atoms with Crippen molar-refractivity contribution in [2.24, 2.45) is 0 Å². The summed E-state index contributed by atoms with van der Waals surface area (Å²) in [6.07, 6.45) is -3.06. The first-order chi connectivity index (χ1) is 18.1. The molecule has 0 bridgehead atoms. The molecule has 0 saturated carbocycles. The summed E-state index contributed by atoms with van der Waals surface area (Å²) >= 11 is 5.27. The van der Waals surface area contributed by atoms with Gasteiger partial charge < -0.3 is 18.9 Å². The van der Waals surface area contributed by atoms with E-state index in [2.05, 4.69) is 4.98 Å². The zero-order chi connectivity index (χ0) is 27.4. The Kier molecular flexibility index (Phi) is 8.18. The SMILES string of the molecule is CC(=O)O[C@@H]1[C@H](OC(=O)c2ccc(C)cc2)[C@@H](COC(=O)c2ccc(C)cc2)O[C@@H]1n1ccc(=O)[nH]c1=S. The summed E-state index contributed by atoms with van der Waals surface area (Å²) < 4.78 is 24.3. The van der Waals surface area contributed by atoms with Crippen LogP contribution in [0.25, 0.3) is 0 Å². The molecule has 1 fully saturated rings. The molecular formula is C27H26N2O8S. The van der Waals surface area contributed by atoms with E-state index >= 15 is 0 Å². The molecule has 1 aliphatic heterocycles. The van der Waals surface area contributed by atoms with Crippen LogP contribution in [0.5, 0.6) is 0 Å². The van der Waals surface area contributed by atoms with Crippen LogP contribution in [0.2, 0.25) is 0 Å². The summed E-state index contributed by atoms with van der Waals surface area (Å²) in [5.41, 5.74) is 2.11. The van der Waals surface area contributed by atoms with E-state index < -0.39 is 48.0 Å². The molecule has 198 valence electrons. The number of ether oxygens (including phenoxy) is 4. The monoisotopic (exact) mass is 538 g/mol. The van der Waals surface area contributed by atoms with Crippen molar-refractivity contribution in [1.82, 2.24) is 9.55 Å². The highest BCUT2D eigenvalue weighted by atomic mass is 32.1. The van der Waals surface area contributed by atoms with Crippen LogP contribution >= 0.6 is 12.2 Å². The second-order valence-electron chi connectivity index (χ2n) is 8.86. The van der Waals surface area contributed by atoms with Crippen LogP contribution in [0.3, 0.4) is 0 Å². The Morgan fingerprint density at radius 3 is 2.03 bits per heavy atom. The zero-order valence-electron chi connectivity index (χ0n) is 20.9. The molecule has 0 unspecified atom stereocenters. The molecule has 2 heterocycles. The number of aromatic nitrogens is 2. The lowest BCUT2D eigenvalue weighted by Crippen LogP contribution is -2.41. The second kappa shape index (κ2) is 11.5. The number of nitrogens with one attached hydrogen (secondary N) is 1. The van der Waals surface area contributed by atoms with Gasteiger partial charge in [-0.1, -0.05) is 35.4 Å². The Morgan fingerprint density at radius 1 is 0.895 bits per heavy atom. The standard InChI is InChI=1S/C27H26N2O8S/c1-15-4-8-18(9-5-15)25(32)34-14-20-22(37-26(33)19-10-6-16(2)7-11-19)23(35-17(3)30)24(36-20)29-13-12-21(31)28-27(29)38/h4-13,20,22-24H,14H2,1-3H3,(H,28,31,38)/t20-,22-,23-,24+/m1/s1. The first-order valence-corrected chi connectivity index (χ1v) is 12.2. The summed E-state index contributed by atoms with van der Waals surface area (Å²) in [6, 6.07) is 14.8. The molecule has 0 radical (unpaired) electrons. The lowest BCUT2D eigenvalue weighted by atomic mass is 10.1. The van der Waals surface area contributed by atoms with Gasteiger partial charge in [0.1, 0.15) is 12.7 Å². The molecule has 4 rings (SSSR count). The number of aryl methyl sites for hydroxylation is 2. The van der Waals surface area contributed by atoms with Crippen LogP contribution in [-0.2, 0) is 23.7 Å². The second-order valence-corrected chi connectivity index (χ2v) is 9.24. The van der Waals surface area contributed by atoms with E-state index in [9.17, 15) is 19.2 Å². The number of H-pyrrole nitrogens is 1. The zero-order valence-corrected chi connectivity index (χ0v) is 21.7. The highest BCUT2D eigenvalue weighted by Crippen LogP contribution is 2.35. The van der Waals surface area contributed by atoms with E-state index in [1.165, 1.54) is 23.8 Å². The Bertz CT molecular complexity index is 1450. The van der Waals surface area contributed by atoms with Crippen molar-refractivity contribution in [3.8, 4) is 0 Å². The van der Waals surface area contributed by atoms with E-state index in [4.69, 9.17) is 31.2 Å². The molecule has 11 heteroatoms. The van der Waals surface area contributed by atoms with Crippen LogP contribution in [-0.4, -0.2) is 52.4 Å². The van der Waals surface area contributed by atoms with E-state index in [-0.39, 0.29) is 16.9 Å². The van der Waals surface area contributed by atoms with Crippen LogP contribution < -0.4 is 5.56 Å². The number of aromatic amines is 1. The first kappa shape index (κ1) is 27.0. The quantitative estimate of drug-likeness (QED) is 0.273. The molecule has 0 aliphatic carbocycles. The van der Waals surface area contributed by atoms with Gasteiger partial charge >= 0.3 is 17.9 Å². The summed E-state index contributed by atoms with van der Waals surface area (Å²) in [5.74, 6) is -1.95. The van der Waals surface area contributed by atoms with Crippen molar-refractivity contribution >= 4 is 30.1 Å². The summed E-state index contributed by atoms with van der Waals surface area (Å²) in [5, 5.41) is 0. The van der Waals surface area contributed by atoms with Gasteiger partial charge in [0, 0.05) is 19.2 Å². The van der Waals surface area contributed by atoms with Crippen molar-refractivity contribution in [2.45, 2.75) is 45.3 Å². The number of carbonyl (C=O) groups excluding carboxylic acids is 3. The molecule has 4 atom stereocenters. The number of carbonyl (C=O) groups is 3. The van der Waals surface area contributed by atoms with Crippen LogP contribution in [0.4, 0.5) is 0 Å². The number of rotatable bonds is 7. The van der Waals surface area contributed by atoms with Crippen molar-refractivity contribution in [1.29, 1.82) is 0 Å². The van der Waals surface area contributed by atoms with Gasteiger partial charge in [-0.2, -0.15) is 0 Å². The number of esters is 3. The smallest absolute Gasteiger partial charge is 0.338 e. The Balaban J connectivity index is 1.65. The Labute approximate surface area is 223 Å². The van der Waals surface area contributed by atoms with E-state index in [1.807, 2.05) is 13.8 Å². The molecule has 1 aliphatic rings. The number of nitrogens with zero attached hydrogens (tertiary/aromatic N) is 1. The maximum atomic E-state index is 13.0. The van der Waals surface area contributed by atoms with Crippen LogP contribution in [0, 0.1) is 18.6 Å². The number of hydrogen-bond acceptors (Lipinski definition) is 9. The molecule has 1 N–H and O–H groups in total. The fourth-order valence-electron chi connectivity index (χ4n) is 3.97. The van der Waals surface area contributed by atoms with E-state index in [1.54, 1.807) is 48.5 Å². The van der Waals surface area contributed by atoms with E-state index in [0.29, 0.717) is 5.56 Å². The van der Waals surface area contributed by atoms with Crippen molar-refractivity contribution in [3.05, 3.63) is 98.2 Å². The predicted octanol–water partition coefficient (Wildman–Crippen LogP) is 3.43. The maximum Gasteiger partial charge on any atom is 0.338 e. The minimum atomic E-state index is -1.17. The van der Waals surface area contributed by atoms with Gasteiger partial charge in [0.2, 0.25) is 0 Å². The third-order valence-corrected chi connectivity index (χ3v) is 6.22. The molecular weight excluding hydrogens is 512 g/mol. The fraction of sp³-hybridized carbons (Fsp3) is 0.296. The molecule has 3 aromatic rings. The predicted molar refractivity (Wildman–Crippen MR) is 137 cm³/mol. The molecule has 2 aromatic carbocycles. The Hall–Kier alpha value is -4.09. The Morgan fingerprint density at radius 2 is 1.47 bits per heavy atom. The third kappa shape index (κ3) is 6.24. The average molecular weight is 539 g/mol. The van der Waals surface area contributed by atoms with Crippen LogP contribution in [0.1, 0.15) is 45.0 Å².